The first kappa shape index (κ1) is 19.4. The molecule has 0 spiro atoms. The SMILES string of the molecule is CCCCN(C)CC1CCN(C(=O)c2ccn(C3CCCNC3)n2)CC1. The van der Waals surface area contributed by atoms with Gasteiger partial charge in [-0.2, -0.15) is 5.10 Å². The van der Waals surface area contributed by atoms with E-state index in [2.05, 4.69) is 29.3 Å². The zero-order valence-corrected chi connectivity index (χ0v) is 16.5. The van der Waals surface area contributed by atoms with Gasteiger partial charge >= 0.3 is 0 Å². The van der Waals surface area contributed by atoms with Gasteiger partial charge in [-0.25, -0.2) is 0 Å². The molecule has 0 aromatic carbocycles. The lowest BCUT2D eigenvalue weighted by molar-refractivity contribution is 0.0666. The number of aromatic nitrogens is 2. The van der Waals surface area contributed by atoms with Gasteiger partial charge in [0.05, 0.1) is 6.04 Å². The summed E-state index contributed by atoms with van der Waals surface area (Å²) in [5.74, 6) is 0.817. The summed E-state index contributed by atoms with van der Waals surface area (Å²) >= 11 is 0. The first-order valence-electron chi connectivity index (χ1n) is 10.4. The van der Waals surface area contributed by atoms with Crippen molar-refractivity contribution in [3.63, 3.8) is 0 Å². The molecule has 26 heavy (non-hydrogen) atoms. The Morgan fingerprint density at radius 2 is 2.15 bits per heavy atom. The monoisotopic (exact) mass is 361 g/mol. The van der Waals surface area contributed by atoms with Gasteiger partial charge in [-0.3, -0.25) is 9.48 Å². The van der Waals surface area contributed by atoms with Crippen molar-refractivity contribution < 1.29 is 4.79 Å². The van der Waals surface area contributed by atoms with Gasteiger partial charge in [-0.15, -0.1) is 0 Å². The summed E-state index contributed by atoms with van der Waals surface area (Å²) in [6.07, 6.45) is 9.02. The summed E-state index contributed by atoms with van der Waals surface area (Å²) in [4.78, 5) is 17.2. The van der Waals surface area contributed by atoms with Crippen molar-refractivity contribution in [2.24, 2.45) is 5.92 Å². The molecule has 1 aromatic rings. The van der Waals surface area contributed by atoms with E-state index in [0.29, 0.717) is 17.7 Å². The highest BCUT2D eigenvalue weighted by atomic mass is 16.2. The van der Waals surface area contributed by atoms with Gasteiger partial charge in [-0.1, -0.05) is 13.3 Å². The molecule has 1 unspecified atom stereocenters. The molecule has 3 rings (SSSR count). The van der Waals surface area contributed by atoms with Crippen LogP contribution in [0.2, 0.25) is 0 Å². The quantitative estimate of drug-likeness (QED) is 0.810. The van der Waals surface area contributed by atoms with Crippen LogP contribution in [0.3, 0.4) is 0 Å². The number of hydrogen-bond acceptors (Lipinski definition) is 4. The molecule has 2 saturated heterocycles. The molecule has 1 amide bonds. The number of carbonyl (C=O) groups is 1. The second kappa shape index (κ2) is 9.51. The number of rotatable bonds is 7. The van der Waals surface area contributed by atoms with Crippen LogP contribution in [0.5, 0.6) is 0 Å². The second-order valence-electron chi connectivity index (χ2n) is 8.03. The van der Waals surface area contributed by atoms with Crippen molar-refractivity contribution >= 4 is 5.91 Å². The standard InChI is InChI=1S/C20H35N5O/c1-3-4-11-23(2)16-17-7-12-24(13-8-17)20(26)19-9-14-25(22-19)18-6-5-10-21-15-18/h9,14,17-18,21H,3-8,10-13,15-16H2,1-2H3. The van der Waals surface area contributed by atoms with Gasteiger partial charge in [0.1, 0.15) is 5.69 Å². The van der Waals surface area contributed by atoms with Gasteiger partial charge in [0.25, 0.3) is 5.91 Å². The third-order valence-electron chi connectivity index (χ3n) is 5.84. The summed E-state index contributed by atoms with van der Waals surface area (Å²) in [6, 6.07) is 2.27. The van der Waals surface area contributed by atoms with Crippen LogP contribution >= 0.6 is 0 Å². The van der Waals surface area contributed by atoms with Crippen molar-refractivity contribution in [3.8, 4) is 0 Å². The molecule has 1 atom stereocenters. The van der Waals surface area contributed by atoms with E-state index in [1.807, 2.05) is 21.8 Å². The number of carbonyl (C=O) groups excluding carboxylic acids is 1. The smallest absolute Gasteiger partial charge is 0.274 e. The van der Waals surface area contributed by atoms with Crippen LogP contribution in [0.4, 0.5) is 0 Å². The molecular weight excluding hydrogens is 326 g/mol. The van der Waals surface area contributed by atoms with E-state index in [1.54, 1.807) is 0 Å². The lowest BCUT2D eigenvalue weighted by Gasteiger charge is -2.33. The summed E-state index contributed by atoms with van der Waals surface area (Å²) in [5.41, 5.74) is 0.606. The maximum atomic E-state index is 12.8. The van der Waals surface area contributed by atoms with E-state index in [-0.39, 0.29) is 5.91 Å². The van der Waals surface area contributed by atoms with Crippen LogP contribution in [-0.2, 0) is 0 Å². The lowest BCUT2D eigenvalue weighted by atomic mass is 9.96. The fourth-order valence-electron chi connectivity index (χ4n) is 4.16. The Balaban J connectivity index is 1.47. The van der Waals surface area contributed by atoms with Crippen LogP contribution in [0.15, 0.2) is 12.3 Å². The molecule has 1 N–H and O–H groups in total. The number of amides is 1. The van der Waals surface area contributed by atoms with Crippen molar-refractivity contribution in [3.05, 3.63) is 18.0 Å². The van der Waals surface area contributed by atoms with E-state index in [1.165, 1.54) is 25.8 Å². The van der Waals surface area contributed by atoms with Gasteiger partial charge < -0.3 is 15.1 Å². The second-order valence-corrected chi connectivity index (χ2v) is 8.03. The average Bonchev–Trinajstić information content (AvgIpc) is 3.17. The summed E-state index contributed by atoms with van der Waals surface area (Å²) < 4.78 is 1.98. The van der Waals surface area contributed by atoms with Gasteiger partial charge in [0.2, 0.25) is 0 Å². The maximum Gasteiger partial charge on any atom is 0.274 e. The van der Waals surface area contributed by atoms with E-state index >= 15 is 0 Å². The maximum absolute atomic E-state index is 12.8. The molecule has 2 aliphatic heterocycles. The topological polar surface area (TPSA) is 53.4 Å². The number of hydrogen-bond donors (Lipinski definition) is 1. The van der Waals surface area contributed by atoms with Crippen LogP contribution < -0.4 is 5.32 Å². The predicted octanol–water partition coefficient (Wildman–Crippen LogP) is 2.39. The summed E-state index contributed by atoms with van der Waals surface area (Å²) in [7, 11) is 2.22. The zero-order chi connectivity index (χ0) is 18.4. The molecule has 1 aromatic heterocycles. The van der Waals surface area contributed by atoms with Crippen molar-refractivity contribution in [2.75, 3.05) is 46.3 Å². The Morgan fingerprint density at radius 3 is 2.85 bits per heavy atom. The molecule has 0 bridgehead atoms. The minimum absolute atomic E-state index is 0.102. The number of nitrogens with zero attached hydrogens (tertiary/aromatic N) is 4. The number of unbranched alkanes of at least 4 members (excludes halogenated alkanes) is 1. The van der Waals surface area contributed by atoms with Crippen molar-refractivity contribution in [1.29, 1.82) is 0 Å². The fraction of sp³-hybridized carbons (Fsp3) is 0.800. The number of nitrogens with one attached hydrogen (secondary N) is 1. The molecule has 2 fully saturated rings. The highest BCUT2D eigenvalue weighted by Crippen LogP contribution is 2.21. The number of likely N-dealkylation sites (tertiary alicyclic amines) is 1. The largest absolute Gasteiger partial charge is 0.337 e. The van der Waals surface area contributed by atoms with Crippen LogP contribution in [0.1, 0.15) is 62.0 Å². The molecule has 146 valence electrons. The molecule has 2 aliphatic rings. The Kier molecular flexibility index (Phi) is 7.08. The third kappa shape index (κ3) is 5.07. The highest BCUT2D eigenvalue weighted by Gasteiger charge is 2.26. The minimum Gasteiger partial charge on any atom is -0.337 e. The molecule has 6 nitrogen and oxygen atoms in total. The Morgan fingerprint density at radius 1 is 1.35 bits per heavy atom. The minimum atomic E-state index is 0.102. The molecule has 3 heterocycles. The molecular formula is C20H35N5O. The molecule has 0 saturated carbocycles. The van der Waals surface area contributed by atoms with Crippen LogP contribution in [0.25, 0.3) is 0 Å². The number of piperidine rings is 2. The van der Waals surface area contributed by atoms with Gasteiger partial charge in [0, 0.05) is 32.4 Å². The lowest BCUT2D eigenvalue weighted by Crippen LogP contribution is -2.41. The fourth-order valence-corrected chi connectivity index (χ4v) is 4.16. The average molecular weight is 362 g/mol. The van der Waals surface area contributed by atoms with E-state index < -0.39 is 0 Å². The van der Waals surface area contributed by atoms with Gasteiger partial charge in [-0.05, 0) is 64.2 Å². The van der Waals surface area contributed by atoms with Crippen molar-refractivity contribution in [2.45, 2.75) is 51.5 Å². The Bertz CT molecular complexity index is 558. The zero-order valence-electron chi connectivity index (χ0n) is 16.5. The first-order valence-corrected chi connectivity index (χ1v) is 10.4. The summed E-state index contributed by atoms with van der Waals surface area (Å²) in [6.45, 7) is 8.35. The van der Waals surface area contributed by atoms with E-state index in [0.717, 1.165) is 52.0 Å². The molecule has 6 heteroatoms. The normalized spacial score (nSPS) is 22.1. The Hall–Kier alpha value is -1.40. The van der Waals surface area contributed by atoms with E-state index in [9.17, 15) is 4.79 Å². The van der Waals surface area contributed by atoms with Gasteiger partial charge in [0.15, 0.2) is 0 Å². The molecule has 0 aliphatic carbocycles. The highest BCUT2D eigenvalue weighted by molar-refractivity contribution is 5.92. The first-order chi connectivity index (χ1) is 12.7. The van der Waals surface area contributed by atoms with E-state index in [4.69, 9.17) is 0 Å². The third-order valence-corrected chi connectivity index (χ3v) is 5.84. The Labute approximate surface area is 157 Å². The molecule has 0 radical (unpaired) electrons. The van der Waals surface area contributed by atoms with Crippen LogP contribution in [0, 0.1) is 5.92 Å². The van der Waals surface area contributed by atoms with Crippen molar-refractivity contribution in [1.82, 2.24) is 24.9 Å². The van der Waals surface area contributed by atoms with Crippen LogP contribution in [-0.4, -0.2) is 71.8 Å². The summed E-state index contributed by atoms with van der Waals surface area (Å²) in [5, 5.41) is 8.00. The predicted molar refractivity (Wildman–Crippen MR) is 104 cm³/mol.